The van der Waals surface area contributed by atoms with Crippen molar-refractivity contribution in [2.45, 2.75) is 78.1 Å². The summed E-state index contributed by atoms with van der Waals surface area (Å²) in [6.45, 7) is 10.6. The van der Waals surface area contributed by atoms with Crippen LogP contribution in [0, 0.1) is 5.92 Å². The van der Waals surface area contributed by atoms with E-state index >= 15 is 0 Å². The molecule has 0 heterocycles. The number of carbonyl (C=O) groups excluding carboxylic acids is 4. The Balaban J connectivity index is 3.51. The van der Waals surface area contributed by atoms with Crippen LogP contribution in [-0.4, -0.2) is 71.0 Å². The van der Waals surface area contributed by atoms with Crippen LogP contribution in [0.15, 0.2) is 24.3 Å². The monoisotopic (exact) mass is 539 g/mol. The second-order valence-electron chi connectivity index (χ2n) is 10.2. The van der Waals surface area contributed by atoms with Gasteiger partial charge < -0.3 is 30.1 Å². The summed E-state index contributed by atoms with van der Waals surface area (Å²) in [6, 6.07) is 3.23. The van der Waals surface area contributed by atoms with Gasteiger partial charge in [0.05, 0.1) is 7.11 Å². The van der Waals surface area contributed by atoms with Crippen LogP contribution in [0.5, 0.6) is 5.75 Å². The zero-order valence-electron chi connectivity index (χ0n) is 22.7. The van der Waals surface area contributed by atoms with Gasteiger partial charge in [0.15, 0.2) is 0 Å². The maximum Gasteiger partial charge on any atom is 0.408 e. The van der Waals surface area contributed by atoms with E-state index in [2.05, 4.69) is 41.8 Å². The Morgan fingerprint density at radius 2 is 1.76 bits per heavy atom. The van der Waals surface area contributed by atoms with Crippen LogP contribution < -0.4 is 10.6 Å². The Bertz CT molecular complexity index is 933. The summed E-state index contributed by atoms with van der Waals surface area (Å²) >= 11 is 4.27. The summed E-state index contributed by atoms with van der Waals surface area (Å²) in [7, 11) is 1.20. The van der Waals surface area contributed by atoms with E-state index in [1.165, 1.54) is 24.1 Å². The van der Waals surface area contributed by atoms with E-state index in [1.807, 2.05) is 6.92 Å². The van der Waals surface area contributed by atoms with Gasteiger partial charge in [0.1, 0.15) is 30.0 Å². The maximum atomic E-state index is 13.9. The molecule has 208 valence electrons. The molecule has 0 aliphatic carbocycles. The number of phenols is 1. The molecule has 0 aliphatic rings. The van der Waals surface area contributed by atoms with Gasteiger partial charge in [0, 0.05) is 11.8 Å². The van der Waals surface area contributed by atoms with Crippen molar-refractivity contribution in [3.05, 3.63) is 29.8 Å². The number of alkyl carbamates (subject to hydrolysis) is 1. The van der Waals surface area contributed by atoms with E-state index in [1.54, 1.807) is 32.9 Å². The molecule has 0 spiro atoms. The minimum atomic E-state index is -1.21. The van der Waals surface area contributed by atoms with Gasteiger partial charge in [-0.15, -0.1) is 0 Å². The third-order valence-corrected chi connectivity index (χ3v) is 5.78. The SMILES string of the molecule is COC(=O)CNC(=O)C(c1cccc(O)c1)N(C(=O)C(CS)NC(=O)OC(C)(C)C)C(C)CCC(C)C. The molecule has 1 aromatic rings. The average Bonchev–Trinajstić information content (AvgIpc) is 2.80. The van der Waals surface area contributed by atoms with Gasteiger partial charge in [0.25, 0.3) is 0 Å². The molecule has 3 amide bonds. The second-order valence-corrected chi connectivity index (χ2v) is 10.6. The molecule has 3 unspecified atom stereocenters. The molecule has 0 aliphatic heterocycles. The zero-order valence-corrected chi connectivity index (χ0v) is 23.6. The van der Waals surface area contributed by atoms with Crippen molar-refractivity contribution in [2.75, 3.05) is 19.4 Å². The number of methoxy groups -OCH3 is 1. The molecule has 10 nitrogen and oxygen atoms in total. The Kier molecular flexibility index (Phi) is 12.7. The number of rotatable bonds is 12. The Morgan fingerprint density at radius 3 is 2.27 bits per heavy atom. The van der Waals surface area contributed by atoms with Gasteiger partial charge in [-0.25, -0.2) is 4.79 Å². The lowest BCUT2D eigenvalue weighted by Gasteiger charge is -2.38. The van der Waals surface area contributed by atoms with E-state index < -0.39 is 54.1 Å². The predicted molar refractivity (Wildman–Crippen MR) is 143 cm³/mol. The molecule has 0 saturated heterocycles. The first-order valence-corrected chi connectivity index (χ1v) is 12.9. The molecule has 0 fully saturated rings. The largest absolute Gasteiger partial charge is 0.508 e. The number of nitrogens with zero attached hydrogens (tertiary/aromatic N) is 1. The number of nitrogens with one attached hydrogen (secondary N) is 2. The van der Waals surface area contributed by atoms with Crippen LogP contribution >= 0.6 is 12.6 Å². The van der Waals surface area contributed by atoms with Gasteiger partial charge in [-0.2, -0.15) is 12.6 Å². The molecule has 1 aromatic carbocycles. The van der Waals surface area contributed by atoms with Crippen molar-refractivity contribution in [3.63, 3.8) is 0 Å². The predicted octanol–water partition coefficient (Wildman–Crippen LogP) is 3.20. The number of phenolic OH excluding ortho intramolecular Hbond substituents is 1. The first kappa shape index (κ1) is 32.1. The molecular formula is C26H41N3O7S. The van der Waals surface area contributed by atoms with Crippen molar-refractivity contribution in [2.24, 2.45) is 5.92 Å². The zero-order chi connectivity index (χ0) is 28.3. The number of thiol groups is 1. The van der Waals surface area contributed by atoms with Crippen molar-refractivity contribution < 1.29 is 33.8 Å². The molecule has 37 heavy (non-hydrogen) atoms. The highest BCUT2D eigenvalue weighted by atomic mass is 32.1. The lowest BCUT2D eigenvalue weighted by atomic mass is 9.97. The fourth-order valence-electron chi connectivity index (χ4n) is 3.59. The number of amides is 3. The second kappa shape index (κ2) is 14.7. The van der Waals surface area contributed by atoms with Gasteiger partial charge in [0.2, 0.25) is 11.8 Å². The van der Waals surface area contributed by atoms with Crippen LogP contribution in [0.1, 0.15) is 66.0 Å². The number of hydrogen-bond acceptors (Lipinski definition) is 8. The number of benzene rings is 1. The van der Waals surface area contributed by atoms with Gasteiger partial charge in [-0.1, -0.05) is 26.0 Å². The lowest BCUT2D eigenvalue weighted by Crippen LogP contribution is -2.56. The fourth-order valence-corrected chi connectivity index (χ4v) is 3.84. The summed E-state index contributed by atoms with van der Waals surface area (Å²) in [5.74, 6) is -1.67. The van der Waals surface area contributed by atoms with E-state index in [-0.39, 0.29) is 11.5 Å². The van der Waals surface area contributed by atoms with Crippen LogP contribution in [-0.2, 0) is 23.9 Å². The van der Waals surface area contributed by atoms with Crippen LogP contribution in [0.4, 0.5) is 4.79 Å². The lowest BCUT2D eigenvalue weighted by molar-refractivity contribution is -0.146. The molecule has 0 bridgehead atoms. The Morgan fingerprint density at radius 1 is 1.11 bits per heavy atom. The first-order valence-electron chi connectivity index (χ1n) is 12.3. The van der Waals surface area contributed by atoms with Gasteiger partial charge in [-0.05, 0) is 64.2 Å². The van der Waals surface area contributed by atoms with E-state index in [4.69, 9.17) is 4.74 Å². The van der Waals surface area contributed by atoms with E-state index in [0.29, 0.717) is 17.9 Å². The summed E-state index contributed by atoms with van der Waals surface area (Å²) in [4.78, 5) is 52.9. The minimum absolute atomic E-state index is 0.0536. The molecule has 11 heteroatoms. The fraction of sp³-hybridized carbons (Fsp3) is 0.615. The smallest absolute Gasteiger partial charge is 0.408 e. The number of carbonyl (C=O) groups is 4. The van der Waals surface area contributed by atoms with Crippen LogP contribution in [0.2, 0.25) is 0 Å². The minimum Gasteiger partial charge on any atom is -0.508 e. The van der Waals surface area contributed by atoms with Gasteiger partial charge >= 0.3 is 12.1 Å². The molecule has 3 atom stereocenters. The number of esters is 1. The van der Waals surface area contributed by atoms with Crippen molar-refractivity contribution in [1.29, 1.82) is 0 Å². The molecule has 1 rings (SSSR count). The molecule has 0 aromatic heterocycles. The number of aromatic hydroxyl groups is 1. The molecule has 0 saturated carbocycles. The van der Waals surface area contributed by atoms with Crippen molar-refractivity contribution in [3.8, 4) is 5.75 Å². The molecule has 0 radical (unpaired) electrons. The third kappa shape index (κ3) is 10.9. The summed E-state index contributed by atoms with van der Waals surface area (Å²) in [5, 5.41) is 15.2. The normalized spacial score (nSPS) is 13.8. The Labute approximate surface area is 224 Å². The average molecular weight is 540 g/mol. The number of hydrogen-bond donors (Lipinski definition) is 4. The molecular weight excluding hydrogens is 498 g/mol. The third-order valence-electron chi connectivity index (χ3n) is 5.41. The first-order chi connectivity index (χ1) is 17.2. The van der Waals surface area contributed by atoms with Crippen LogP contribution in [0.3, 0.4) is 0 Å². The highest BCUT2D eigenvalue weighted by molar-refractivity contribution is 7.80. The summed E-state index contributed by atoms with van der Waals surface area (Å²) < 4.78 is 9.93. The highest BCUT2D eigenvalue weighted by Crippen LogP contribution is 2.29. The topological polar surface area (TPSA) is 134 Å². The van der Waals surface area contributed by atoms with Gasteiger partial charge in [-0.3, -0.25) is 14.4 Å². The Hall–Kier alpha value is -2.95. The quantitative estimate of drug-likeness (QED) is 0.237. The highest BCUT2D eigenvalue weighted by Gasteiger charge is 2.38. The van der Waals surface area contributed by atoms with Crippen molar-refractivity contribution in [1.82, 2.24) is 15.5 Å². The summed E-state index contributed by atoms with van der Waals surface area (Å²) in [6.07, 6.45) is 0.542. The van der Waals surface area contributed by atoms with E-state index in [0.717, 1.165) is 6.42 Å². The van der Waals surface area contributed by atoms with E-state index in [9.17, 15) is 24.3 Å². The molecule has 3 N–H and O–H groups in total. The maximum absolute atomic E-state index is 13.9. The van der Waals surface area contributed by atoms with Crippen LogP contribution in [0.25, 0.3) is 0 Å². The standard InChI is InChI=1S/C26H41N3O7S/c1-16(2)11-12-17(3)29(24(33)20(15-37)28-25(34)36-26(4,5)6)22(18-9-8-10-19(30)13-18)23(32)27-14-21(31)35-7/h8-10,13,16-17,20,22,30,37H,11-12,14-15H2,1-7H3,(H,27,32)(H,28,34). The van der Waals surface area contributed by atoms with Crippen molar-refractivity contribution >= 4 is 36.5 Å². The summed E-state index contributed by atoms with van der Waals surface area (Å²) in [5.41, 5.74) is -0.446. The number of ether oxygens (including phenoxy) is 2.